The molecule has 28 heavy (non-hydrogen) atoms. The third-order valence-electron chi connectivity index (χ3n) is 5.08. The number of rotatable bonds is 7. The molecule has 4 aromatic rings. The summed E-state index contributed by atoms with van der Waals surface area (Å²) in [6.45, 7) is 4.24. The summed E-state index contributed by atoms with van der Waals surface area (Å²) in [5.41, 5.74) is 6.81. The Labute approximate surface area is 165 Å². The van der Waals surface area contributed by atoms with Crippen LogP contribution in [-0.4, -0.2) is 22.9 Å². The van der Waals surface area contributed by atoms with Gasteiger partial charge in [0.05, 0.1) is 18.9 Å². The number of ether oxygens (including phenoxy) is 1. The second kappa shape index (κ2) is 8.42. The Hall–Kier alpha value is -2.88. The minimum Gasteiger partial charge on any atom is -0.392 e. The summed E-state index contributed by atoms with van der Waals surface area (Å²) >= 11 is 0. The Kier molecular flexibility index (Phi) is 5.56. The van der Waals surface area contributed by atoms with E-state index in [9.17, 15) is 5.11 Å². The lowest BCUT2D eigenvalue weighted by molar-refractivity contribution is 0.140. The Balaban J connectivity index is 2.01. The predicted octanol–water partition coefficient (Wildman–Crippen LogP) is 5.50. The maximum Gasteiger partial charge on any atom is 0.0682 e. The molecular formula is C25H25NO2. The average molecular weight is 371 g/mol. The Morgan fingerprint density at radius 1 is 0.857 bits per heavy atom. The van der Waals surface area contributed by atoms with Crippen LogP contribution in [0.1, 0.15) is 12.5 Å². The van der Waals surface area contributed by atoms with Crippen LogP contribution in [-0.2, 0) is 17.9 Å². The lowest BCUT2D eigenvalue weighted by Crippen LogP contribution is -2.07. The number of nitrogens with zero attached hydrogens (tertiary/aromatic N) is 1. The van der Waals surface area contributed by atoms with Gasteiger partial charge in [0.2, 0.25) is 0 Å². The van der Waals surface area contributed by atoms with Crippen LogP contribution in [0, 0.1) is 0 Å². The number of aliphatic hydroxyl groups excluding tert-OH is 1. The first-order valence-electron chi connectivity index (χ1n) is 9.78. The highest BCUT2D eigenvalue weighted by molar-refractivity contribution is 6.04. The molecule has 0 aliphatic carbocycles. The molecule has 0 aliphatic rings. The molecule has 0 fully saturated rings. The maximum atomic E-state index is 9.64. The third kappa shape index (κ3) is 3.47. The van der Waals surface area contributed by atoms with Crippen LogP contribution in [0.5, 0.6) is 0 Å². The largest absolute Gasteiger partial charge is 0.392 e. The van der Waals surface area contributed by atoms with Crippen LogP contribution in [0.25, 0.3) is 33.3 Å². The van der Waals surface area contributed by atoms with Crippen molar-refractivity contribution in [1.29, 1.82) is 0 Å². The zero-order chi connectivity index (χ0) is 19.3. The molecule has 0 saturated heterocycles. The quantitative estimate of drug-likeness (QED) is 0.435. The van der Waals surface area contributed by atoms with Crippen LogP contribution in [0.15, 0.2) is 78.9 Å². The number of fused-ring (bicyclic) bond motifs is 1. The van der Waals surface area contributed by atoms with Gasteiger partial charge in [0.1, 0.15) is 0 Å². The van der Waals surface area contributed by atoms with E-state index in [1.165, 1.54) is 27.7 Å². The van der Waals surface area contributed by atoms with Crippen molar-refractivity contribution in [2.45, 2.75) is 20.1 Å². The fourth-order valence-electron chi connectivity index (χ4n) is 3.85. The van der Waals surface area contributed by atoms with E-state index in [0.29, 0.717) is 13.2 Å². The van der Waals surface area contributed by atoms with E-state index >= 15 is 0 Å². The molecule has 0 atom stereocenters. The lowest BCUT2D eigenvalue weighted by atomic mass is 9.97. The van der Waals surface area contributed by atoms with Gasteiger partial charge in [-0.1, -0.05) is 66.7 Å². The van der Waals surface area contributed by atoms with Gasteiger partial charge >= 0.3 is 0 Å². The van der Waals surface area contributed by atoms with E-state index in [2.05, 4.69) is 65.2 Å². The number of hydrogen-bond acceptors (Lipinski definition) is 2. The smallest absolute Gasteiger partial charge is 0.0682 e. The van der Waals surface area contributed by atoms with Gasteiger partial charge in [0.25, 0.3) is 0 Å². The second-order valence-electron chi connectivity index (χ2n) is 6.81. The summed E-state index contributed by atoms with van der Waals surface area (Å²) in [6, 6.07) is 27.2. The molecule has 1 heterocycles. The van der Waals surface area contributed by atoms with Gasteiger partial charge in [-0.3, -0.25) is 0 Å². The molecule has 3 aromatic carbocycles. The normalized spacial score (nSPS) is 11.2. The Morgan fingerprint density at radius 3 is 2.39 bits per heavy atom. The van der Waals surface area contributed by atoms with Gasteiger partial charge in [0, 0.05) is 29.6 Å². The molecule has 0 spiro atoms. The molecule has 142 valence electrons. The van der Waals surface area contributed by atoms with Gasteiger partial charge in [-0.05, 0) is 35.7 Å². The summed E-state index contributed by atoms with van der Waals surface area (Å²) in [4.78, 5) is 0. The van der Waals surface area contributed by atoms with Crippen molar-refractivity contribution in [3.05, 3.63) is 84.4 Å². The van der Waals surface area contributed by atoms with Crippen molar-refractivity contribution >= 4 is 10.9 Å². The van der Waals surface area contributed by atoms with Crippen LogP contribution in [0.2, 0.25) is 0 Å². The summed E-state index contributed by atoms with van der Waals surface area (Å²) < 4.78 is 8.04. The van der Waals surface area contributed by atoms with Crippen LogP contribution >= 0.6 is 0 Å². The molecule has 3 heteroatoms. The molecule has 1 aromatic heterocycles. The van der Waals surface area contributed by atoms with Crippen LogP contribution < -0.4 is 0 Å². The highest BCUT2D eigenvalue weighted by Gasteiger charge is 2.19. The van der Waals surface area contributed by atoms with Crippen LogP contribution in [0.3, 0.4) is 0 Å². The van der Waals surface area contributed by atoms with Crippen LogP contribution in [0.4, 0.5) is 0 Å². The molecule has 1 N–H and O–H groups in total. The van der Waals surface area contributed by atoms with E-state index in [4.69, 9.17) is 4.74 Å². The Bertz CT molecular complexity index is 1070. The molecule has 0 unspecified atom stereocenters. The molecule has 0 radical (unpaired) electrons. The summed E-state index contributed by atoms with van der Waals surface area (Å²) in [5.74, 6) is 0. The number of benzene rings is 3. The molecule has 0 amide bonds. The van der Waals surface area contributed by atoms with Crippen molar-refractivity contribution in [3.63, 3.8) is 0 Å². The first-order valence-corrected chi connectivity index (χ1v) is 9.78. The van der Waals surface area contributed by atoms with Gasteiger partial charge in [-0.15, -0.1) is 0 Å². The number of para-hydroxylation sites is 1. The van der Waals surface area contributed by atoms with E-state index in [0.717, 1.165) is 17.7 Å². The van der Waals surface area contributed by atoms with Gasteiger partial charge < -0.3 is 14.4 Å². The number of aliphatic hydroxyl groups is 1. The highest BCUT2D eigenvalue weighted by atomic mass is 16.5. The number of hydrogen-bond donors (Lipinski definition) is 1. The summed E-state index contributed by atoms with van der Waals surface area (Å²) in [7, 11) is 0. The van der Waals surface area contributed by atoms with E-state index < -0.39 is 0 Å². The minimum atomic E-state index is 0.0392. The van der Waals surface area contributed by atoms with Gasteiger partial charge in [-0.25, -0.2) is 0 Å². The van der Waals surface area contributed by atoms with Crippen molar-refractivity contribution in [2.24, 2.45) is 0 Å². The maximum absolute atomic E-state index is 9.64. The highest BCUT2D eigenvalue weighted by Crippen LogP contribution is 2.41. The van der Waals surface area contributed by atoms with E-state index in [-0.39, 0.29) is 6.61 Å². The average Bonchev–Trinajstić information content (AvgIpc) is 3.09. The monoisotopic (exact) mass is 371 g/mol. The standard InChI is InChI=1S/C25H25NO2/c1-2-28-16-15-26-23-14-7-6-13-22(23)24(21-12-8-9-19(17-21)18-27)25(26)20-10-4-3-5-11-20/h3-14,17,27H,2,15-16,18H2,1H3. The number of aromatic nitrogens is 1. The van der Waals surface area contributed by atoms with Crippen molar-refractivity contribution < 1.29 is 9.84 Å². The molecular weight excluding hydrogens is 346 g/mol. The van der Waals surface area contributed by atoms with E-state index in [1.54, 1.807) is 0 Å². The minimum absolute atomic E-state index is 0.0392. The fourth-order valence-corrected chi connectivity index (χ4v) is 3.85. The molecule has 0 aliphatic heterocycles. The topological polar surface area (TPSA) is 34.4 Å². The molecule has 0 saturated carbocycles. The van der Waals surface area contributed by atoms with Crippen molar-refractivity contribution in [3.8, 4) is 22.4 Å². The SMILES string of the molecule is CCOCCn1c(-c2ccccc2)c(-c2cccc(CO)c2)c2ccccc21. The molecule has 0 bridgehead atoms. The van der Waals surface area contributed by atoms with Crippen molar-refractivity contribution in [2.75, 3.05) is 13.2 Å². The molecule has 3 nitrogen and oxygen atoms in total. The first-order chi connectivity index (χ1) is 13.8. The summed E-state index contributed by atoms with van der Waals surface area (Å²) in [6.07, 6.45) is 0. The lowest BCUT2D eigenvalue weighted by Gasteiger charge is -2.13. The first kappa shape index (κ1) is 18.5. The van der Waals surface area contributed by atoms with Gasteiger partial charge in [-0.2, -0.15) is 0 Å². The Morgan fingerprint density at radius 2 is 1.61 bits per heavy atom. The van der Waals surface area contributed by atoms with Crippen molar-refractivity contribution in [1.82, 2.24) is 4.57 Å². The fraction of sp³-hybridized carbons (Fsp3) is 0.200. The van der Waals surface area contributed by atoms with Gasteiger partial charge in [0.15, 0.2) is 0 Å². The zero-order valence-corrected chi connectivity index (χ0v) is 16.1. The third-order valence-corrected chi connectivity index (χ3v) is 5.08. The second-order valence-corrected chi connectivity index (χ2v) is 6.81. The predicted molar refractivity (Wildman–Crippen MR) is 115 cm³/mol. The van der Waals surface area contributed by atoms with E-state index in [1.807, 2.05) is 25.1 Å². The summed E-state index contributed by atoms with van der Waals surface area (Å²) in [5, 5.41) is 10.9. The zero-order valence-electron chi connectivity index (χ0n) is 16.1. The molecule has 4 rings (SSSR count).